The number of benzene rings is 1. The summed E-state index contributed by atoms with van der Waals surface area (Å²) in [5.41, 5.74) is 1.11. The maximum absolute atomic E-state index is 12.4. The minimum Gasteiger partial charge on any atom is -0.387 e. The normalized spacial score (nSPS) is 19.1. The molecule has 0 aliphatic carbocycles. The van der Waals surface area contributed by atoms with Crippen molar-refractivity contribution < 1.29 is 14.4 Å². The fourth-order valence-corrected chi connectivity index (χ4v) is 2.00. The number of carbonyl (C=O) groups excluding carboxylic acids is 3. The van der Waals surface area contributed by atoms with Crippen LogP contribution < -0.4 is 10.6 Å². The summed E-state index contributed by atoms with van der Waals surface area (Å²) in [6, 6.07) is 6.32. The number of anilines is 1. The van der Waals surface area contributed by atoms with Crippen LogP contribution in [0.3, 0.4) is 0 Å². The van der Waals surface area contributed by atoms with Crippen molar-refractivity contribution in [1.29, 1.82) is 0 Å². The van der Waals surface area contributed by atoms with Gasteiger partial charge in [0.25, 0.3) is 5.91 Å². The lowest BCUT2D eigenvalue weighted by Gasteiger charge is -2.32. The number of rotatable bonds is 2. The molecule has 1 aromatic carbocycles. The van der Waals surface area contributed by atoms with E-state index in [1.165, 1.54) is 4.90 Å². The smallest absolute Gasteiger partial charge is 0.257 e. The molecule has 1 unspecified atom stereocenters. The molecule has 0 radical (unpaired) electrons. The molecule has 6 nitrogen and oxygen atoms in total. The van der Waals surface area contributed by atoms with Crippen molar-refractivity contribution in [2.24, 2.45) is 0 Å². The van der Waals surface area contributed by atoms with Gasteiger partial charge in [-0.1, -0.05) is 12.1 Å². The van der Waals surface area contributed by atoms with Gasteiger partial charge in [-0.15, -0.1) is 0 Å². The Hall–Kier alpha value is -2.37. The zero-order chi connectivity index (χ0) is 14.0. The maximum Gasteiger partial charge on any atom is 0.257 e. The summed E-state index contributed by atoms with van der Waals surface area (Å²) < 4.78 is 0. The highest BCUT2D eigenvalue weighted by Gasteiger charge is 2.34. The SMILES string of the molecule is CNc1ccccc1C(=O)N1CC(=O)NC(=O)C1C. The van der Waals surface area contributed by atoms with Gasteiger partial charge < -0.3 is 10.2 Å². The standard InChI is InChI=1S/C13H15N3O3/c1-8-12(18)15-11(17)7-16(8)13(19)9-5-3-4-6-10(9)14-2/h3-6,8,14H,7H2,1-2H3,(H,15,17,18). The van der Waals surface area contributed by atoms with Gasteiger partial charge in [0.15, 0.2) is 0 Å². The van der Waals surface area contributed by atoms with Crippen LogP contribution in [0.4, 0.5) is 5.69 Å². The number of nitrogens with one attached hydrogen (secondary N) is 2. The van der Waals surface area contributed by atoms with E-state index < -0.39 is 17.9 Å². The number of para-hydroxylation sites is 1. The Kier molecular flexibility index (Phi) is 3.50. The molecule has 1 atom stereocenters. The summed E-state index contributed by atoms with van der Waals surface area (Å²) in [6.07, 6.45) is 0. The van der Waals surface area contributed by atoms with Crippen LogP contribution in [0.25, 0.3) is 0 Å². The zero-order valence-corrected chi connectivity index (χ0v) is 10.8. The lowest BCUT2D eigenvalue weighted by Crippen LogP contribution is -2.58. The Balaban J connectivity index is 2.32. The Morgan fingerprint density at radius 2 is 2.05 bits per heavy atom. The molecule has 0 saturated carbocycles. The van der Waals surface area contributed by atoms with Crippen LogP contribution in [-0.2, 0) is 9.59 Å². The predicted octanol–water partition coefficient (Wildman–Crippen LogP) is 0.215. The molecule has 2 N–H and O–H groups in total. The fraction of sp³-hybridized carbons (Fsp3) is 0.308. The van der Waals surface area contributed by atoms with Gasteiger partial charge in [-0.2, -0.15) is 0 Å². The number of hydrogen-bond donors (Lipinski definition) is 2. The first-order valence-corrected chi connectivity index (χ1v) is 5.96. The number of hydrogen-bond acceptors (Lipinski definition) is 4. The molecule has 3 amide bonds. The highest BCUT2D eigenvalue weighted by molar-refractivity contribution is 6.08. The lowest BCUT2D eigenvalue weighted by atomic mass is 10.1. The molecule has 2 rings (SSSR count). The van der Waals surface area contributed by atoms with Gasteiger partial charge in [0, 0.05) is 12.7 Å². The predicted molar refractivity (Wildman–Crippen MR) is 69.6 cm³/mol. The van der Waals surface area contributed by atoms with Gasteiger partial charge in [0.1, 0.15) is 12.6 Å². The maximum atomic E-state index is 12.4. The quantitative estimate of drug-likeness (QED) is 0.746. The summed E-state index contributed by atoms with van der Waals surface area (Å²) >= 11 is 0. The molecule has 19 heavy (non-hydrogen) atoms. The molecule has 0 aromatic heterocycles. The van der Waals surface area contributed by atoms with Crippen molar-refractivity contribution in [2.75, 3.05) is 18.9 Å². The summed E-state index contributed by atoms with van der Waals surface area (Å²) in [5, 5.41) is 5.13. The Labute approximate surface area is 110 Å². The summed E-state index contributed by atoms with van der Waals surface area (Å²) in [6.45, 7) is 1.49. The molecule has 1 aliphatic rings. The van der Waals surface area contributed by atoms with E-state index in [2.05, 4.69) is 10.6 Å². The molecule has 100 valence electrons. The third-order valence-electron chi connectivity index (χ3n) is 3.11. The molecule has 0 spiro atoms. The number of amides is 3. The van der Waals surface area contributed by atoms with Crippen LogP contribution in [-0.4, -0.2) is 42.3 Å². The molecule has 6 heteroatoms. The van der Waals surface area contributed by atoms with E-state index in [0.29, 0.717) is 11.3 Å². The number of carbonyl (C=O) groups is 3. The average Bonchev–Trinajstić information content (AvgIpc) is 2.42. The van der Waals surface area contributed by atoms with Crippen molar-refractivity contribution in [3.05, 3.63) is 29.8 Å². The molecule has 0 bridgehead atoms. The van der Waals surface area contributed by atoms with Crippen molar-refractivity contribution >= 4 is 23.4 Å². The van der Waals surface area contributed by atoms with E-state index in [9.17, 15) is 14.4 Å². The van der Waals surface area contributed by atoms with Crippen molar-refractivity contribution in [3.8, 4) is 0 Å². The van der Waals surface area contributed by atoms with Crippen LogP contribution in [0.5, 0.6) is 0 Å². The Morgan fingerprint density at radius 1 is 1.37 bits per heavy atom. The second-order valence-electron chi connectivity index (χ2n) is 4.32. The largest absolute Gasteiger partial charge is 0.387 e. The van der Waals surface area contributed by atoms with Crippen LogP contribution in [0.15, 0.2) is 24.3 Å². The molecule has 1 fully saturated rings. The van der Waals surface area contributed by atoms with E-state index in [-0.39, 0.29) is 12.5 Å². The Bertz CT molecular complexity index is 542. The van der Waals surface area contributed by atoms with E-state index >= 15 is 0 Å². The van der Waals surface area contributed by atoms with Gasteiger partial charge in [0.05, 0.1) is 5.56 Å². The van der Waals surface area contributed by atoms with Crippen LogP contribution >= 0.6 is 0 Å². The number of nitrogens with zero attached hydrogens (tertiary/aromatic N) is 1. The lowest BCUT2D eigenvalue weighted by molar-refractivity contribution is -0.138. The zero-order valence-electron chi connectivity index (χ0n) is 10.8. The summed E-state index contributed by atoms with van der Waals surface area (Å²) in [5.74, 6) is -1.24. The minimum absolute atomic E-state index is 0.107. The molecule has 1 aromatic rings. The van der Waals surface area contributed by atoms with E-state index in [1.54, 1.807) is 38.2 Å². The molecule has 1 saturated heterocycles. The summed E-state index contributed by atoms with van der Waals surface area (Å²) in [4.78, 5) is 36.7. The molecule has 1 aliphatic heterocycles. The molecular weight excluding hydrogens is 246 g/mol. The van der Waals surface area contributed by atoms with Crippen molar-refractivity contribution in [2.45, 2.75) is 13.0 Å². The fourth-order valence-electron chi connectivity index (χ4n) is 2.00. The van der Waals surface area contributed by atoms with E-state index in [0.717, 1.165) is 0 Å². The van der Waals surface area contributed by atoms with E-state index in [1.807, 2.05) is 0 Å². The van der Waals surface area contributed by atoms with Gasteiger partial charge in [-0.25, -0.2) is 0 Å². The Morgan fingerprint density at radius 3 is 2.74 bits per heavy atom. The second-order valence-corrected chi connectivity index (χ2v) is 4.32. The van der Waals surface area contributed by atoms with Crippen LogP contribution in [0.1, 0.15) is 17.3 Å². The minimum atomic E-state index is -0.657. The van der Waals surface area contributed by atoms with Crippen LogP contribution in [0.2, 0.25) is 0 Å². The molecular formula is C13H15N3O3. The average molecular weight is 261 g/mol. The highest BCUT2D eigenvalue weighted by atomic mass is 16.2. The van der Waals surface area contributed by atoms with E-state index in [4.69, 9.17) is 0 Å². The number of piperazine rings is 1. The monoisotopic (exact) mass is 261 g/mol. The van der Waals surface area contributed by atoms with Gasteiger partial charge in [0.2, 0.25) is 11.8 Å². The first kappa shape index (κ1) is 13.1. The third kappa shape index (κ3) is 2.42. The topological polar surface area (TPSA) is 78.5 Å². The van der Waals surface area contributed by atoms with Gasteiger partial charge in [-0.3, -0.25) is 19.7 Å². The second kappa shape index (κ2) is 5.09. The van der Waals surface area contributed by atoms with Crippen LogP contribution in [0, 0.1) is 0 Å². The first-order valence-electron chi connectivity index (χ1n) is 5.96. The first-order chi connectivity index (χ1) is 9.04. The van der Waals surface area contributed by atoms with Crippen molar-refractivity contribution in [1.82, 2.24) is 10.2 Å². The third-order valence-corrected chi connectivity index (χ3v) is 3.11. The highest BCUT2D eigenvalue weighted by Crippen LogP contribution is 2.18. The molecule has 1 heterocycles. The van der Waals surface area contributed by atoms with Gasteiger partial charge in [-0.05, 0) is 19.1 Å². The summed E-state index contributed by atoms with van der Waals surface area (Å²) in [7, 11) is 1.71. The number of imide groups is 1. The van der Waals surface area contributed by atoms with Gasteiger partial charge >= 0.3 is 0 Å². The van der Waals surface area contributed by atoms with Crippen molar-refractivity contribution in [3.63, 3.8) is 0 Å².